The second-order valence-electron chi connectivity index (χ2n) is 4.86. The number of hydrogen-bond donors (Lipinski definition) is 0. The Morgan fingerprint density at radius 2 is 1.81 bits per heavy atom. The fraction of sp³-hybridized carbons (Fsp3) is 0.625. The number of ether oxygens (including phenoxy) is 3. The van der Waals surface area contributed by atoms with Crippen LogP contribution < -0.4 is 0 Å². The van der Waals surface area contributed by atoms with Crippen LogP contribution in [0.3, 0.4) is 0 Å². The highest BCUT2D eigenvalue weighted by Gasteiger charge is 2.09. The predicted molar refractivity (Wildman–Crippen MR) is 82.4 cm³/mol. The van der Waals surface area contributed by atoms with Crippen molar-refractivity contribution < 1.29 is 18.6 Å². The molecule has 0 aliphatic rings. The summed E-state index contributed by atoms with van der Waals surface area (Å²) in [5.41, 5.74) is 0.976. The number of hydrogen-bond acceptors (Lipinski definition) is 3. The number of methoxy groups -OCH3 is 1. The standard InChI is InChI=1S/C16H24ClFO3/c1-19-7-8-21-10-9-20-6-5-15(13-17)11-14-3-2-4-16(18)12-14/h2-4,12,15H,5-11,13H2,1H3. The van der Waals surface area contributed by atoms with Gasteiger partial charge in [-0.3, -0.25) is 0 Å². The lowest BCUT2D eigenvalue weighted by molar-refractivity contribution is 0.0223. The maximum atomic E-state index is 13.1. The number of benzene rings is 1. The topological polar surface area (TPSA) is 27.7 Å². The van der Waals surface area contributed by atoms with Crippen molar-refractivity contribution in [2.24, 2.45) is 5.92 Å². The average Bonchev–Trinajstić information content (AvgIpc) is 2.48. The zero-order valence-corrected chi connectivity index (χ0v) is 13.3. The highest BCUT2D eigenvalue weighted by Crippen LogP contribution is 2.15. The molecule has 1 unspecified atom stereocenters. The van der Waals surface area contributed by atoms with Crippen LogP contribution in [0.25, 0.3) is 0 Å². The van der Waals surface area contributed by atoms with Gasteiger partial charge in [0.2, 0.25) is 0 Å². The van der Waals surface area contributed by atoms with E-state index in [0.717, 1.165) is 18.4 Å². The number of alkyl halides is 1. The minimum absolute atomic E-state index is 0.203. The van der Waals surface area contributed by atoms with Crippen molar-refractivity contribution in [3.05, 3.63) is 35.6 Å². The molecule has 1 aromatic rings. The summed E-state index contributed by atoms with van der Waals surface area (Å²) >= 11 is 5.97. The smallest absolute Gasteiger partial charge is 0.123 e. The van der Waals surface area contributed by atoms with Gasteiger partial charge in [0.15, 0.2) is 0 Å². The van der Waals surface area contributed by atoms with Crippen molar-refractivity contribution >= 4 is 11.6 Å². The average molecular weight is 319 g/mol. The summed E-state index contributed by atoms with van der Waals surface area (Å²) in [6.07, 6.45) is 1.63. The van der Waals surface area contributed by atoms with Crippen molar-refractivity contribution in [3.63, 3.8) is 0 Å². The van der Waals surface area contributed by atoms with Crippen molar-refractivity contribution in [2.45, 2.75) is 12.8 Å². The number of rotatable bonds is 12. The summed E-state index contributed by atoms with van der Waals surface area (Å²) in [5, 5.41) is 0. The lowest BCUT2D eigenvalue weighted by Crippen LogP contribution is -2.13. The Morgan fingerprint density at radius 1 is 1.10 bits per heavy atom. The molecule has 0 aromatic heterocycles. The van der Waals surface area contributed by atoms with Gasteiger partial charge in [0.1, 0.15) is 5.82 Å². The molecule has 0 aliphatic heterocycles. The molecule has 0 N–H and O–H groups in total. The van der Waals surface area contributed by atoms with E-state index in [1.807, 2.05) is 6.07 Å². The first kappa shape index (κ1) is 18.4. The van der Waals surface area contributed by atoms with Gasteiger partial charge in [-0.15, -0.1) is 11.6 Å². The highest BCUT2D eigenvalue weighted by molar-refractivity contribution is 6.18. The second kappa shape index (κ2) is 11.9. The lowest BCUT2D eigenvalue weighted by atomic mass is 9.98. The van der Waals surface area contributed by atoms with Gasteiger partial charge in [-0.2, -0.15) is 0 Å². The summed E-state index contributed by atoms with van der Waals surface area (Å²) in [5.74, 6) is 0.637. The summed E-state index contributed by atoms with van der Waals surface area (Å²) in [7, 11) is 1.64. The molecule has 1 atom stereocenters. The van der Waals surface area contributed by atoms with E-state index in [9.17, 15) is 4.39 Å². The maximum absolute atomic E-state index is 13.1. The van der Waals surface area contributed by atoms with E-state index in [1.165, 1.54) is 6.07 Å². The summed E-state index contributed by atoms with van der Waals surface area (Å²) in [4.78, 5) is 0. The molecule has 0 bridgehead atoms. The first-order chi connectivity index (χ1) is 10.3. The lowest BCUT2D eigenvalue weighted by Gasteiger charge is -2.14. The molecular weight excluding hydrogens is 295 g/mol. The van der Waals surface area contributed by atoms with E-state index in [-0.39, 0.29) is 5.82 Å². The third-order valence-electron chi connectivity index (χ3n) is 3.11. The van der Waals surface area contributed by atoms with Crippen LogP contribution in [0.15, 0.2) is 24.3 Å². The third kappa shape index (κ3) is 9.04. The quantitative estimate of drug-likeness (QED) is 0.437. The zero-order chi connectivity index (χ0) is 15.3. The van der Waals surface area contributed by atoms with Gasteiger partial charge in [0.25, 0.3) is 0 Å². The van der Waals surface area contributed by atoms with Crippen molar-refractivity contribution in [2.75, 3.05) is 46.0 Å². The van der Waals surface area contributed by atoms with Gasteiger partial charge in [0, 0.05) is 19.6 Å². The molecule has 0 radical (unpaired) electrons. The molecule has 0 saturated carbocycles. The normalized spacial score (nSPS) is 12.5. The van der Waals surface area contributed by atoms with E-state index in [2.05, 4.69) is 0 Å². The van der Waals surface area contributed by atoms with E-state index in [1.54, 1.807) is 19.2 Å². The Morgan fingerprint density at radius 3 is 2.48 bits per heavy atom. The first-order valence-electron chi connectivity index (χ1n) is 7.21. The van der Waals surface area contributed by atoms with Crippen LogP contribution in [0.1, 0.15) is 12.0 Å². The fourth-order valence-electron chi connectivity index (χ4n) is 1.95. The van der Waals surface area contributed by atoms with Crippen LogP contribution in [0.5, 0.6) is 0 Å². The van der Waals surface area contributed by atoms with Crippen LogP contribution in [-0.4, -0.2) is 46.0 Å². The van der Waals surface area contributed by atoms with Crippen LogP contribution in [0, 0.1) is 11.7 Å². The minimum atomic E-state index is -0.203. The van der Waals surface area contributed by atoms with Crippen LogP contribution in [0.2, 0.25) is 0 Å². The molecule has 5 heteroatoms. The highest BCUT2D eigenvalue weighted by atomic mass is 35.5. The van der Waals surface area contributed by atoms with Crippen molar-refractivity contribution in [1.29, 1.82) is 0 Å². The van der Waals surface area contributed by atoms with E-state index in [4.69, 9.17) is 25.8 Å². The monoisotopic (exact) mass is 318 g/mol. The van der Waals surface area contributed by atoms with Crippen molar-refractivity contribution in [3.8, 4) is 0 Å². The Kier molecular flexibility index (Phi) is 10.4. The summed E-state index contributed by atoms with van der Waals surface area (Å²) < 4.78 is 28.8. The van der Waals surface area contributed by atoms with Crippen LogP contribution in [0.4, 0.5) is 4.39 Å². The summed E-state index contributed by atoms with van der Waals surface area (Å²) in [6.45, 7) is 2.96. The molecule has 0 heterocycles. The molecule has 0 amide bonds. The van der Waals surface area contributed by atoms with E-state index >= 15 is 0 Å². The van der Waals surface area contributed by atoms with Gasteiger partial charge >= 0.3 is 0 Å². The fourth-order valence-corrected chi connectivity index (χ4v) is 2.21. The Bertz CT molecular complexity index is 376. The van der Waals surface area contributed by atoms with Gasteiger partial charge < -0.3 is 14.2 Å². The predicted octanol–water partition coefficient (Wildman–Crippen LogP) is 3.29. The zero-order valence-electron chi connectivity index (χ0n) is 12.5. The molecule has 0 aliphatic carbocycles. The summed E-state index contributed by atoms with van der Waals surface area (Å²) in [6, 6.07) is 6.66. The van der Waals surface area contributed by atoms with Crippen molar-refractivity contribution in [1.82, 2.24) is 0 Å². The number of halogens is 2. The Labute approximate surface area is 131 Å². The molecule has 0 saturated heterocycles. The SMILES string of the molecule is COCCOCCOCCC(CCl)Cc1cccc(F)c1. The maximum Gasteiger partial charge on any atom is 0.123 e. The second-order valence-corrected chi connectivity index (χ2v) is 5.17. The third-order valence-corrected chi connectivity index (χ3v) is 3.54. The molecule has 21 heavy (non-hydrogen) atoms. The molecule has 120 valence electrons. The van der Waals surface area contributed by atoms with Gasteiger partial charge in [0.05, 0.1) is 26.4 Å². The van der Waals surface area contributed by atoms with Crippen LogP contribution >= 0.6 is 11.6 Å². The molecule has 1 rings (SSSR count). The minimum Gasteiger partial charge on any atom is -0.382 e. The van der Waals surface area contributed by atoms with E-state index < -0.39 is 0 Å². The van der Waals surface area contributed by atoms with E-state index in [0.29, 0.717) is 44.8 Å². The van der Waals surface area contributed by atoms with Crippen LogP contribution in [-0.2, 0) is 20.6 Å². The Hall–Kier alpha value is -0.680. The van der Waals surface area contributed by atoms with Gasteiger partial charge in [-0.05, 0) is 36.5 Å². The van der Waals surface area contributed by atoms with Gasteiger partial charge in [-0.1, -0.05) is 12.1 Å². The molecule has 0 spiro atoms. The largest absolute Gasteiger partial charge is 0.382 e. The molecule has 0 fully saturated rings. The molecule has 3 nitrogen and oxygen atoms in total. The Balaban J connectivity index is 2.11. The molecular formula is C16H24ClFO3. The molecule has 1 aromatic carbocycles. The van der Waals surface area contributed by atoms with Gasteiger partial charge in [-0.25, -0.2) is 4.39 Å². The first-order valence-corrected chi connectivity index (χ1v) is 7.74.